The van der Waals surface area contributed by atoms with E-state index < -0.39 is 22.0 Å². The quantitative estimate of drug-likeness (QED) is 0.755. The van der Waals surface area contributed by atoms with Gasteiger partial charge in [-0.25, -0.2) is 8.42 Å². The number of halogens is 1. The van der Waals surface area contributed by atoms with Gasteiger partial charge in [-0.3, -0.25) is 9.10 Å². The Kier molecular flexibility index (Phi) is 6.56. The molecule has 1 atom stereocenters. The van der Waals surface area contributed by atoms with Crippen LogP contribution in [-0.4, -0.2) is 40.8 Å². The lowest BCUT2D eigenvalue weighted by Crippen LogP contribution is -2.45. The molecule has 0 aliphatic carbocycles. The topological polar surface area (TPSA) is 84.9 Å². The van der Waals surface area contributed by atoms with Crippen LogP contribution < -0.4 is 19.1 Å². The summed E-state index contributed by atoms with van der Waals surface area (Å²) in [6, 6.07) is 10.3. The van der Waals surface area contributed by atoms with E-state index in [0.29, 0.717) is 17.2 Å². The van der Waals surface area contributed by atoms with Gasteiger partial charge in [-0.05, 0) is 37.3 Å². The van der Waals surface area contributed by atoms with Gasteiger partial charge in [-0.1, -0.05) is 23.7 Å². The lowest BCUT2D eigenvalue weighted by molar-refractivity contribution is -0.116. The molecule has 27 heavy (non-hydrogen) atoms. The van der Waals surface area contributed by atoms with Gasteiger partial charge in [-0.15, -0.1) is 0 Å². The monoisotopic (exact) mass is 412 g/mol. The van der Waals surface area contributed by atoms with Crippen molar-refractivity contribution in [1.29, 1.82) is 0 Å². The van der Waals surface area contributed by atoms with E-state index in [-0.39, 0.29) is 10.7 Å². The van der Waals surface area contributed by atoms with Gasteiger partial charge in [0.15, 0.2) is 0 Å². The van der Waals surface area contributed by atoms with Crippen LogP contribution in [0, 0.1) is 0 Å². The lowest BCUT2D eigenvalue weighted by atomic mass is 10.2. The van der Waals surface area contributed by atoms with Gasteiger partial charge in [0.1, 0.15) is 17.5 Å². The molecule has 0 saturated heterocycles. The van der Waals surface area contributed by atoms with E-state index >= 15 is 0 Å². The third-order valence-electron chi connectivity index (χ3n) is 3.84. The van der Waals surface area contributed by atoms with Crippen molar-refractivity contribution in [1.82, 2.24) is 0 Å². The van der Waals surface area contributed by atoms with Gasteiger partial charge in [0, 0.05) is 0 Å². The molecule has 9 heteroatoms. The highest BCUT2D eigenvalue weighted by Gasteiger charge is 2.30. The molecule has 0 bridgehead atoms. The van der Waals surface area contributed by atoms with Gasteiger partial charge < -0.3 is 14.8 Å². The average molecular weight is 413 g/mol. The summed E-state index contributed by atoms with van der Waals surface area (Å²) in [7, 11) is -0.825. The first-order valence-electron chi connectivity index (χ1n) is 7.96. The predicted molar refractivity (Wildman–Crippen MR) is 106 cm³/mol. The molecular weight excluding hydrogens is 392 g/mol. The molecule has 0 heterocycles. The van der Waals surface area contributed by atoms with E-state index in [0.717, 1.165) is 10.6 Å². The van der Waals surface area contributed by atoms with Crippen molar-refractivity contribution in [3.05, 3.63) is 47.5 Å². The number of methoxy groups -OCH3 is 2. The van der Waals surface area contributed by atoms with Crippen molar-refractivity contribution < 1.29 is 22.7 Å². The highest BCUT2D eigenvalue weighted by atomic mass is 35.5. The molecule has 0 fully saturated rings. The maximum atomic E-state index is 12.7. The smallest absolute Gasteiger partial charge is 0.248 e. The highest BCUT2D eigenvalue weighted by molar-refractivity contribution is 7.92. The number of hydrogen-bond donors (Lipinski definition) is 1. The Morgan fingerprint density at radius 1 is 1.11 bits per heavy atom. The molecule has 2 aromatic carbocycles. The summed E-state index contributed by atoms with van der Waals surface area (Å²) < 4.78 is 36.0. The Balaban J connectivity index is 2.36. The van der Waals surface area contributed by atoms with Crippen LogP contribution in [0.1, 0.15) is 6.92 Å². The van der Waals surface area contributed by atoms with E-state index in [1.807, 2.05) is 0 Å². The van der Waals surface area contributed by atoms with Crippen LogP contribution in [0.2, 0.25) is 5.02 Å². The number of benzene rings is 2. The average Bonchev–Trinajstić information content (AvgIpc) is 2.61. The van der Waals surface area contributed by atoms with Gasteiger partial charge >= 0.3 is 0 Å². The Labute approximate surface area is 163 Å². The fraction of sp³-hybridized carbons (Fsp3) is 0.278. The molecule has 2 aromatic rings. The number of para-hydroxylation sites is 2. The first-order valence-corrected chi connectivity index (χ1v) is 10.2. The SMILES string of the molecule is COc1ccc(N([C@@H](C)C(=O)Nc2ccccc2OC)S(C)(=O)=O)cc1Cl. The molecule has 146 valence electrons. The molecule has 0 aliphatic rings. The third kappa shape index (κ3) is 4.84. The van der Waals surface area contributed by atoms with E-state index in [4.69, 9.17) is 21.1 Å². The fourth-order valence-corrected chi connectivity index (χ4v) is 4.00. The maximum Gasteiger partial charge on any atom is 0.248 e. The van der Waals surface area contributed by atoms with Crippen molar-refractivity contribution in [2.45, 2.75) is 13.0 Å². The van der Waals surface area contributed by atoms with Crippen LogP contribution in [0.5, 0.6) is 11.5 Å². The van der Waals surface area contributed by atoms with Gasteiger partial charge in [-0.2, -0.15) is 0 Å². The second kappa shape index (κ2) is 8.49. The summed E-state index contributed by atoms with van der Waals surface area (Å²) in [6.45, 7) is 1.49. The number of amides is 1. The first kappa shape index (κ1) is 20.9. The summed E-state index contributed by atoms with van der Waals surface area (Å²) in [4.78, 5) is 12.7. The van der Waals surface area contributed by atoms with Crippen LogP contribution in [0.4, 0.5) is 11.4 Å². The van der Waals surface area contributed by atoms with E-state index in [1.165, 1.54) is 33.3 Å². The standard InChI is InChI=1S/C18H21ClN2O5S/c1-12(18(22)20-15-7-5-6-8-17(15)26-3)21(27(4,23)24)13-9-10-16(25-2)14(19)11-13/h5-12H,1-4H3,(H,20,22)/t12-/m0/s1. The molecule has 0 spiro atoms. The second-order valence-electron chi connectivity index (χ2n) is 5.74. The zero-order chi connectivity index (χ0) is 20.2. The molecule has 0 radical (unpaired) electrons. The number of anilines is 2. The zero-order valence-electron chi connectivity index (χ0n) is 15.4. The number of sulfonamides is 1. The van der Waals surface area contributed by atoms with E-state index in [2.05, 4.69) is 5.32 Å². The van der Waals surface area contributed by atoms with Crippen molar-refractivity contribution in [2.75, 3.05) is 30.1 Å². The number of ether oxygens (including phenoxy) is 2. The number of carbonyl (C=O) groups excluding carboxylic acids is 1. The normalized spacial score (nSPS) is 12.2. The second-order valence-corrected chi connectivity index (χ2v) is 8.01. The van der Waals surface area contributed by atoms with Crippen LogP contribution in [0.15, 0.2) is 42.5 Å². The molecule has 2 rings (SSSR count). The Hall–Kier alpha value is -2.45. The fourth-order valence-electron chi connectivity index (χ4n) is 2.59. The summed E-state index contributed by atoms with van der Waals surface area (Å²) in [6.07, 6.45) is 1.03. The predicted octanol–water partition coefficient (Wildman–Crippen LogP) is 3.15. The molecule has 0 aliphatic heterocycles. The minimum Gasteiger partial charge on any atom is -0.495 e. The van der Waals surface area contributed by atoms with E-state index in [9.17, 15) is 13.2 Å². The van der Waals surface area contributed by atoms with Crippen molar-refractivity contribution in [2.24, 2.45) is 0 Å². The summed E-state index contributed by atoms with van der Waals surface area (Å²) in [5, 5.41) is 2.93. The van der Waals surface area contributed by atoms with Crippen LogP contribution in [0.25, 0.3) is 0 Å². The highest BCUT2D eigenvalue weighted by Crippen LogP contribution is 2.31. The first-order chi connectivity index (χ1) is 12.7. The zero-order valence-corrected chi connectivity index (χ0v) is 17.0. The van der Waals surface area contributed by atoms with Crippen molar-refractivity contribution in [3.8, 4) is 11.5 Å². The molecule has 0 aromatic heterocycles. The minimum absolute atomic E-state index is 0.237. The summed E-state index contributed by atoms with van der Waals surface area (Å²) in [5.74, 6) is 0.355. The Bertz CT molecular complexity index is 933. The summed E-state index contributed by atoms with van der Waals surface area (Å²) >= 11 is 6.11. The third-order valence-corrected chi connectivity index (χ3v) is 5.38. The number of carbonyl (C=O) groups is 1. The number of rotatable bonds is 7. The van der Waals surface area contributed by atoms with Crippen molar-refractivity contribution >= 4 is 38.9 Å². The van der Waals surface area contributed by atoms with Crippen molar-refractivity contribution in [3.63, 3.8) is 0 Å². The molecule has 1 amide bonds. The van der Waals surface area contributed by atoms with Gasteiger partial charge in [0.05, 0.1) is 36.9 Å². The number of hydrogen-bond acceptors (Lipinski definition) is 5. The van der Waals surface area contributed by atoms with Crippen LogP contribution in [0.3, 0.4) is 0 Å². The Morgan fingerprint density at radius 3 is 2.30 bits per heavy atom. The number of nitrogens with zero attached hydrogens (tertiary/aromatic N) is 1. The maximum absolute atomic E-state index is 12.7. The summed E-state index contributed by atoms with van der Waals surface area (Å²) in [5.41, 5.74) is 0.698. The Morgan fingerprint density at radius 2 is 1.74 bits per heavy atom. The largest absolute Gasteiger partial charge is 0.495 e. The minimum atomic E-state index is -3.76. The van der Waals surface area contributed by atoms with Crippen LogP contribution in [-0.2, 0) is 14.8 Å². The lowest BCUT2D eigenvalue weighted by Gasteiger charge is -2.28. The molecular formula is C18H21ClN2O5S. The van der Waals surface area contributed by atoms with Gasteiger partial charge in [0.2, 0.25) is 15.9 Å². The number of nitrogens with one attached hydrogen (secondary N) is 1. The molecule has 1 N–H and O–H groups in total. The molecule has 7 nitrogen and oxygen atoms in total. The van der Waals surface area contributed by atoms with E-state index in [1.54, 1.807) is 30.3 Å². The molecule has 0 unspecified atom stereocenters. The van der Waals surface area contributed by atoms with Crippen LogP contribution >= 0.6 is 11.6 Å². The van der Waals surface area contributed by atoms with Gasteiger partial charge in [0.25, 0.3) is 0 Å². The molecule has 0 saturated carbocycles.